The zero-order valence-corrected chi connectivity index (χ0v) is 14.1. The molecular formula is C20H17F3N2O2. The van der Waals surface area contributed by atoms with E-state index < -0.39 is 23.9 Å². The van der Waals surface area contributed by atoms with Gasteiger partial charge in [0.1, 0.15) is 0 Å². The standard InChI is InChI=1S/C20H17F3N2O2/c21-20(22,23)15-8-3-7-14(11-15)18(26)12-24-19(27)25-17-10-4-6-13-5-1-2-9-16(13)17/h1-11,18,26H,12H2,(H2,24,25,27). The SMILES string of the molecule is O=C(NCC(O)c1cccc(C(F)(F)F)c1)Nc1cccc2ccccc12. The molecule has 0 saturated heterocycles. The van der Waals surface area contributed by atoms with E-state index in [2.05, 4.69) is 10.6 Å². The lowest BCUT2D eigenvalue weighted by molar-refractivity contribution is -0.137. The molecule has 3 aromatic rings. The number of alkyl halides is 3. The smallest absolute Gasteiger partial charge is 0.387 e. The third-order valence-corrected chi connectivity index (χ3v) is 4.09. The van der Waals surface area contributed by atoms with Gasteiger partial charge in [-0.25, -0.2) is 4.79 Å². The lowest BCUT2D eigenvalue weighted by Crippen LogP contribution is -2.32. The molecule has 0 bridgehead atoms. The molecule has 0 spiro atoms. The number of rotatable bonds is 4. The average Bonchev–Trinajstić information content (AvgIpc) is 2.66. The number of aliphatic hydroxyl groups is 1. The minimum absolute atomic E-state index is 0.0790. The number of amides is 2. The van der Waals surface area contributed by atoms with Crippen molar-refractivity contribution in [3.05, 3.63) is 77.9 Å². The second-order valence-corrected chi connectivity index (χ2v) is 6.00. The molecule has 1 unspecified atom stereocenters. The van der Waals surface area contributed by atoms with E-state index in [0.717, 1.165) is 22.9 Å². The predicted octanol–water partition coefficient (Wildman–Crippen LogP) is 4.71. The van der Waals surface area contributed by atoms with Gasteiger partial charge in [-0.05, 0) is 29.1 Å². The minimum Gasteiger partial charge on any atom is -0.387 e. The lowest BCUT2D eigenvalue weighted by atomic mass is 10.1. The van der Waals surface area contributed by atoms with E-state index in [0.29, 0.717) is 5.69 Å². The summed E-state index contributed by atoms with van der Waals surface area (Å²) in [6.07, 6.45) is -5.75. The van der Waals surface area contributed by atoms with Crippen molar-refractivity contribution >= 4 is 22.5 Å². The van der Waals surface area contributed by atoms with Crippen LogP contribution in [0.15, 0.2) is 66.7 Å². The van der Waals surface area contributed by atoms with Crippen LogP contribution in [0.3, 0.4) is 0 Å². The minimum atomic E-state index is -4.49. The van der Waals surface area contributed by atoms with Crippen LogP contribution in [0.2, 0.25) is 0 Å². The summed E-state index contributed by atoms with van der Waals surface area (Å²) >= 11 is 0. The summed E-state index contributed by atoms with van der Waals surface area (Å²) < 4.78 is 38.3. The first-order valence-electron chi connectivity index (χ1n) is 8.22. The number of hydrogen-bond donors (Lipinski definition) is 3. The summed E-state index contributed by atoms with van der Waals surface area (Å²) in [7, 11) is 0. The molecule has 3 aromatic carbocycles. The van der Waals surface area contributed by atoms with Crippen molar-refractivity contribution < 1.29 is 23.1 Å². The highest BCUT2D eigenvalue weighted by Gasteiger charge is 2.30. The first-order chi connectivity index (χ1) is 12.8. The summed E-state index contributed by atoms with van der Waals surface area (Å²) in [6.45, 7) is -0.224. The largest absolute Gasteiger partial charge is 0.416 e. The van der Waals surface area contributed by atoms with Crippen LogP contribution < -0.4 is 10.6 Å². The number of aliphatic hydroxyl groups excluding tert-OH is 1. The molecule has 7 heteroatoms. The summed E-state index contributed by atoms with van der Waals surface area (Å²) in [4.78, 5) is 12.1. The van der Waals surface area contributed by atoms with Crippen molar-refractivity contribution in [2.75, 3.05) is 11.9 Å². The molecule has 140 valence electrons. The van der Waals surface area contributed by atoms with Gasteiger partial charge in [0.15, 0.2) is 0 Å². The molecule has 2 amide bonds. The number of halogens is 3. The molecule has 4 nitrogen and oxygen atoms in total. The number of fused-ring (bicyclic) bond motifs is 1. The van der Waals surface area contributed by atoms with Crippen LogP contribution in [0.5, 0.6) is 0 Å². The van der Waals surface area contributed by atoms with E-state index in [-0.39, 0.29) is 12.1 Å². The second-order valence-electron chi connectivity index (χ2n) is 6.00. The fourth-order valence-electron chi connectivity index (χ4n) is 2.73. The Morgan fingerprint density at radius 1 is 1.00 bits per heavy atom. The molecule has 0 saturated carbocycles. The van der Waals surface area contributed by atoms with Gasteiger partial charge in [-0.1, -0.05) is 48.5 Å². The van der Waals surface area contributed by atoms with E-state index in [9.17, 15) is 23.1 Å². The zero-order chi connectivity index (χ0) is 19.4. The molecule has 0 aliphatic carbocycles. The average molecular weight is 374 g/mol. The number of carbonyl (C=O) groups is 1. The number of anilines is 1. The highest BCUT2D eigenvalue weighted by Crippen LogP contribution is 2.30. The monoisotopic (exact) mass is 374 g/mol. The molecule has 1 atom stereocenters. The van der Waals surface area contributed by atoms with Gasteiger partial charge in [-0.3, -0.25) is 0 Å². The molecule has 0 heterocycles. The van der Waals surface area contributed by atoms with E-state index in [1.54, 1.807) is 12.1 Å². The second kappa shape index (κ2) is 7.67. The fourth-order valence-corrected chi connectivity index (χ4v) is 2.73. The molecule has 0 aliphatic heterocycles. The number of hydrogen-bond acceptors (Lipinski definition) is 2. The first kappa shape index (κ1) is 18.7. The number of urea groups is 1. The van der Waals surface area contributed by atoms with Crippen LogP contribution in [0.4, 0.5) is 23.7 Å². The Hall–Kier alpha value is -3.06. The molecule has 3 N–H and O–H groups in total. The third kappa shape index (κ3) is 4.57. The van der Waals surface area contributed by atoms with Crippen molar-refractivity contribution in [3.8, 4) is 0 Å². The number of carbonyl (C=O) groups excluding carboxylic acids is 1. The molecule has 0 aromatic heterocycles. The van der Waals surface area contributed by atoms with Gasteiger partial charge in [-0.2, -0.15) is 13.2 Å². The Balaban J connectivity index is 1.64. The topological polar surface area (TPSA) is 61.4 Å². The zero-order valence-electron chi connectivity index (χ0n) is 14.1. The summed E-state index contributed by atoms with van der Waals surface area (Å²) in [6, 6.07) is 16.8. The fraction of sp³-hybridized carbons (Fsp3) is 0.150. The van der Waals surface area contributed by atoms with Crippen LogP contribution in [-0.4, -0.2) is 17.7 Å². The maximum Gasteiger partial charge on any atom is 0.416 e. The quantitative estimate of drug-likeness (QED) is 0.619. The van der Waals surface area contributed by atoms with Gasteiger partial charge in [0, 0.05) is 11.9 Å². The van der Waals surface area contributed by atoms with Crippen LogP contribution in [0.1, 0.15) is 17.2 Å². The predicted molar refractivity (Wildman–Crippen MR) is 97.4 cm³/mol. The van der Waals surface area contributed by atoms with Gasteiger partial charge < -0.3 is 15.7 Å². The van der Waals surface area contributed by atoms with Crippen LogP contribution in [0, 0.1) is 0 Å². The summed E-state index contributed by atoms with van der Waals surface area (Å²) in [5.41, 5.74) is -0.172. The third-order valence-electron chi connectivity index (χ3n) is 4.09. The molecule has 3 rings (SSSR count). The van der Waals surface area contributed by atoms with Gasteiger partial charge in [0.05, 0.1) is 17.4 Å². The molecular weight excluding hydrogens is 357 g/mol. The maximum absolute atomic E-state index is 12.8. The molecule has 0 aliphatic rings. The highest BCUT2D eigenvalue weighted by atomic mass is 19.4. The Labute approximate surface area is 153 Å². The Morgan fingerprint density at radius 3 is 2.48 bits per heavy atom. The van der Waals surface area contributed by atoms with Crippen molar-refractivity contribution in [3.63, 3.8) is 0 Å². The van der Waals surface area contributed by atoms with Crippen LogP contribution in [-0.2, 0) is 6.18 Å². The molecule has 27 heavy (non-hydrogen) atoms. The summed E-state index contributed by atoms with van der Waals surface area (Å²) in [5, 5.41) is 17.1. The number of benzene rings is 3. The van der Waals surface area contributed by atoms with Gasteiger partial charge in [0.25, 0.3) is 0 Å². The molecule has 0 radical (unpaired) electrons. The van der Waals surface area contributed by atoms with E-state index in [4.69, 9.17) is 0 Å². The van der Waals surface area contributed by atoms with Crippen molar-refractivity contribution in [1.29, 1.82) is 0 Å². The van der Waals surface area contributed by atoms with E-state index in [1.165, 1.54) is 12.1 Å². The van der Waals surface area contributed by atoms with Gasteiger partial charge >= 0.3 is 12.2 Å². The van der Waals surface area contributed by atoms with Gasteiger partial charge in [-0.15, -0.1) is 0 Å². The van der Waals surface area contributed by atoms with Gasteiger partial charge in [0.2, 0.25) is 0 Å². The number of nitrogens with one attached hydrogen (secondary N) is 2. The Bertz CT molecular complexity index is 952. The summed E-state index contributed by atoms with van der Waals surface area (Å²) in [5.74, 6) is 0. The van der Waals surface area contributed by atoms with Crippen molar-refractivity contribution in [2.24, 2.45) is 0 Å². The highest BCUT2D eigenvalue weighted by molar-refractivity contribution is 6.01. The van der Waals surface area contributed by atoms with Crippen LogP contribution in [0.25, 0.3) is 10.8 Å². The van der Waals surface area contributed by atoms with E-state index in [1.807, 2.05) is 30.3 Å². The normalized spacial score (nSPS) is 12.6. The van der Waals surface area contributed by atoms with Crippen molar-refractivity contribution in [1.82, 2.24) is 5.32 Å². The molecule has 0 fully saturated rings. The lowest BCUT2D eigenvalue weighted by Gasteiger charge is -2.15. The van der Waals surface area contributed by atoms with Crippen LogP contribution >= 0.6 is 0 Å². The maximum atomic E-state index is 12.8. The van der Waals surface area contributed by atoms with Crippen molar-refractivity contribution in [2.45, 2.75) is 12.3 Å². The van der Waals surface area contributed by atoms with E-state index >= 15 is 0 Å². The Morgan fingerprint density at radius 2 is 1.70 bits per heavy atom. The first-order valence-corrected chi connectivity index (χ1v) is 8.22. The Kier molecular flexibility index (Phi) is 5.32.